The number of fused-ring (bicyclic) bond motifs is 2. The Bertz CT molecular complexity index is 1140. The van der Waals surface area contributed by atoms with Gasteiger partial charge in [-0.3, -0.25) is 9.59 Å². The van der Waals surface area contributed by atoms with E-state index in [0.29, 0.717) is 24.3 Å². The molecule has 0 bridgehead atoms. The number of amides is 1. The highest BCUT2D eigenvalue weighted by Gasteiger charge is 2.21. The van der Waals surface area contributed by atoms with Gasteiger partial charge < -0.3 is 15.0 Å². The van der Waals surface area contributed by atoms with E-state index in [-0.39, 0.29) is 17.5 Å². The van der Waals surface area contributed by atoms with Crippen molar-refractivity contribution < 1.29 is 9.53 Å². The summed E-state index contributed by atoms with van der Waals surface area (Å²) in [7, 11) is 0. The lowest BCUT2D eigenvalue weighted by atomic mass is 10.0. The second-order valence-corrected chi connectivity index (χ2v) is 6.26. The molecule has 6 nitrogen and oxygen atoms in total. The highest BCUT2D eigenvalue weighted by Crippen LogP contribution is 2.28. The van der Waals surface area contributed by atoms with E-state index in [1.807, 2.05) is 18.2 Å². The third-order valence-corrected chi connectivity index (χ3v) is 4.51. The number of aromatic nitrogens is 2. The maximum Gasteiger partial charge on any atom is 0.255 e. The van der Waals surface area contributed by atoms with Gasteiger partial charge in [0.05, 0.1) is 6.04 Å². The van der Waals surface area contributed by atoms with E-state index in [4.69, 9.17) is 4.74 Å². The number of carbonyl (C=O) groups excluding carboxylic acids is 1. The predicted octanol–water partition coefficient (Wildman–Crippen LogP) is 2.11. The van der Waals surface area contributed by atoms with E-state index in [1.54, 1.807) is 19.3 Å². The molecule has 26 heavy (non-hydrogen) atoms. The van der Waals surface area contributed by atoms with Crippen LogP contribution in [0.5, 0.6) is 5.88 Å². The van der Waals surface area contributed by atoms with Crippen molar-refractivity contribution in [2.75, 3.05) is 6.61 Å². The van der Waals surface area contributed by atoms with E-state index < -0.39 is 0 Å². The minimum Gasteiger partial charge on any atom is -0.475 e. The van der Waals surface area contributed by atoms with Crippen LogP contribution in [-0.2, 0) is 4.79 Å². The first-order valence-electron chi connectivity index (χ1n) is 8.45. The van der Waals surface area contributed by atoms with Gasteiger partial charge in [0.1, 0.15) is 6.61 Å². The summed E-state index contributed by atoms with van der Waals surface area (Å²) in [4.78, 5) is 30.6. The van der Waals surface area contributed by atoms with Crippen LogP contribution in [0.15, 0.2) is 35.4 Å². The lowest BCUT2D eigenvalue weighted by Gasteiger charge is -2.13. The van der Waals surface area contributed by atoms with Gasteiger partial charge in [0.2, 0.25) is 11.8 Å². The smallest absolute Gasteiger partial charge is 0.255 e. The molecule has 1 aliphatic heterocycles. The van der Waals surface area contributed by atoms with Crippen LogP contribution in [0.4, 0.5) is 0 Å². The standard InChI is InChI=1S/C20H17N3O3/c1-2-3-13-10-22-19(25)17-8-12-6-7-21-20(16(12)9-15(13)17)26-11-14-4-5-18(24)23-14/h6-10,14H,4-5,11H2,1H3,(H,22,25)(H,23,24). The van der Waals surface area contributed by atoms with Crippen LogP contribution >= 0.6 is 0 Å². The van der Waals surface area contributed by atoms with Crippen LogP contribution in [0, 0.1) is 11.8 Å². The average Bonchev–Trinajstić information content (AvgIpc) is 3.06. The van der Waals surface area contributed by atoms with Crippen LogP contribution < -0.4 is 15.6 Å². The average molecular weight is 347 g/mol. The van der Waals surface area contributed by atoms with Crippen molar-refractivity contribution in [2.45, 2.75) is 25.8 Å². The molecule has 1 unspecified atom stereocenters. The number of nitrogens with zero attached hydrogens (tertiary/aromatic N) is 1. The van der Waals surface area contributed by atoms with Gasteiger partial charge in [-0.2, -0.15) is 0 Å². The highest BCUT2D eigenvalue weighted by molar-refractivity contribution is 6.01. The summed E-state index contributed by atoms with van der Waals surface area (Å²) in [6.45, 7) is 2.12. The SMILES string of the molecule is CC#Cc1c[nH]c(=O)c2cc3ccnc(OCC4CCC(=O)N4)c3cc12. The van der Waals surface area contributed by atoms with Crippen molar-refractivity contribution >= 4 is 27.5 Å². The van der Waals surface area contributed by atoms with Crippen LogP contribution in [0.3, 0.4) is 0 Å². The van der Waals surface area contributed by atoms with Crippen molar-refractivity contribution in [3.05, 3.63) is 46.5 Å². The number of nitrogens with one attached hydrogen (secondary N) is 2. The fourth-order valence-electron chi connectivity index (χ4n) is 3.23. The van der Waals surface area contributed by atoms with Crippen molar-refractivity contribution in [1.29, 1.82) is 0 Å². The highest BCUT2D eigenvalue weighted by atomic mass is 16.5. The predicted molar refractivity (Wildman–Crippen MR) is 99.1 cm³/mol. The summed E-state index contributed by atoms with van der Waals surface area (Å²) in [6, 6.07) is 5.58. The first kappa shape index (κ1) is 16.2. The molecule has 2 N–H and O–H groups in total. The molecule has 0 spiro atoms. The molecule has 4 rings (SSSR count). The second kappa shape index (κ2) is 6.52. The summed E-state index contributed by atoms with van der Waals surface area (Å²) in [5.41, 5.74) is 0.596. The number of rotatable bonds is 3. The zero-order valence-electron chi connectivity index (χ0n) is 14.3. The van der Waals surface area contributed by atoms with Crippen molar-refractivity contribution in [3.63, 3.8) is 0 Å². The fraction of sp³-hybridized carbons (Fsp3) is 0.250. The molecule has 130 valence electrons. The molecule has 3 heterocycles. The lowest BCUT2D eigenvalue weighted by Crippen LogP contribution is -2.31. The molecule has 1 aromatic carbocycles. The summed E-state index contributed by atoms with van der Waals surface area (Å²) in [5.74, 6) is 6.42. The molecule has 0 aliphatic carbocycles. The molecule has 1 fully saturated rings. The number of hydrogen-bond acceptors (Lipinski definition) is 4. The van der Waals surface area contributed by atoms with Gasteiger partial charge in [-0.05, 0) is 36.9 Å². The zero-order chi connectivity index (χ0) is 18.1. The normalized spacial score (nSPS) is 16.3. The monoisotopic (exact) mass is 347 g/mol. The number of hydrogen-bond donors (Lipinski definition) is 2. The Labute approximate surface area is 149 Å². The van der Waals surface area contributed by atoms with Crippen LogP contribution in [0.25, 0.3) is 21.5 Å². The maximum absolute atomic E-state index is 12.2. The Balaban J connectivity index is 1.80. The first-order valence-corrected chi connectivity index (χ1v) is 8.45. The third kappa shape index (κ3) is 2.88. The van der Waals surface area contributed by atoms with E-state index in [2.05, 4.69) is 27.1 Å². The molecular formula is C20H17N3O3. The van der Waals surface area contributed by atoms with Crippen molar-refractivity contribution in [2.24, 2.45) is 0 Å². The Kier molecular flexibility index (Phi) is 4.05. The summed E-state index contributed by atoms with van der Waals surface area (Å²) in [6.07, 6.45) is 4.57. The Morgan fingerprint density at radius 2 is 2.15 bits per heavy atom. The number of aromatic amines is 1. The van der Waals surface area contributed by atoms with E-state index >= 15 is 0 Å². The molecule has 2 aromatic heterocycles. The van der Waals surface area contributed by atoms with E-state index in [9.17, 15) is 9.59 Å². The van der Waals surface area contributed by atoms with E-state index in [0.717, 1.165) is 28.1 Å². The molecule has 0 radical (unpaired) electrons. The summed E-state index contributed by atoms with van der Waals surface area (Å²) < 4.78 is 5.88. The topological polar surface area (TPSA) is 84.1 Å². The van der Waals surface area contributed by atoms with Crippen LogP contribution in [-0.4, -0.2) is 28.5 Å². The summed E-state index contributed by atoms with van der Waals surface area (Å²) in [5, 5.41) is 5.91. The number of pyridine rings is 2. The number of ether oxygens (including phenoxy) is 1. The molecule has 1 amide bonds. The molecule has 6 heteroatoms. The van der Waals surface area contributed by atoms with Gasteiger partial charge >= 0.3 is 0 Å². The maximum atomic E-state index is 12.2. The minimum absolute atomic E-state index is 0.00405. The van der Waals surface area contributed by atoms with Gasteiger partial charge in [-0.15, -0.1) is 5.92 Å². The molecule has 3 aromatic rings. The Hall–Kier alpha value is -3.33. The largest absolute Gasteiger partial charge is 0.475 e. The molecular weight excluding hydrogens is 330 g/mol. The van der Waals surface area contributed by atoms with Crippen LogP contribution in [0.1, 0.15) is 25.3 Å². The van der Waals surface area contributed by atoms with Gasteiger partial charge in [0.25, 0.3) is 5.56 Å². The van der Waals surface area contributed by atoms with Gasteiger partial charge in [-0.1, -0.05) is 5.92 Å². The summed E-state index contributed by atoms with van der Waals surface area (Å²) >= 11 is 0. The minimum atomic E-state index is -0.156. The van der Waals surface area contributed by atoms with Crippen molar-refractivity contribution in [3.8, 4) is 17.7 Å². The number of carbonyl (C=O) groups is 1. The van der Waals surface area contributed by atoms with Gasteiger partial charge in [-0.25, -0.2) is 4.98 Å². The van der Waals surface area contributed by atoms with E-state index in [1.165, 1.54) is 0 Å². The zero-order valence-corrected chi connectivity index (χ0v) is 14.3. The van der Waals surface area contributed by atoms with Crippen molar-refractivity contribution in [1.82, 2.24) is 15.3 Å². The number of benzene rings is 1. The number of H-pyrrole nitrogens is 1. The Morgan fingerprint density at radius 1 is 1.27 bits per heavy atom. The van der Waals surface area contributed by atoms with Crippen LogP contribution in [0.2, 0.25) is 0 Å². The first-order chi connectivity index (χ1) is 12.7. The quantitative estimate of drug-likeness (QED) is 0.561. The lowest BCUT2D eigenvalue weighted by molar-refractivity contribution is -0.119. The van der Waals surface area contributed by atoms with Gasteiger partial charge in [0.15, 0.2) is 0 Å². The molecule has 1 aliphatic rings. The third-order valence-electron chi connectivity index (χ3n) is 4.51. The second-order valence-electron chi connectivity index (χ2n) is 6.26. The fourth-order valence-corrected chi connectivity index (χ4v) is 3.23. The molecule has 0 saturated carbocycles. The Morgan fingerprint density at radius 3 is 2.92 bits per heavy atom. The molecule has 1 atom stereocenters. The van der Waals surface area contributed by atoms with Gasteiger partial charge in [0, 0.05) is 40.5 Å². The molecule has 1 saturated heterocycles.